The van der Waals surface area contributed by atoms with E-state index >= 15 is 0 Å². The maximum atomic E-state index is 10.2. The molecule has 0 bridgehead atoms. The number of carboxylic acid groups (broad SMARTS) is 1. The molecule has 0 spiro atoms. The number of carbonyl (C=O) groups is 1. The van der Waals surface area contributed by atoms with Crippen molar-refractivity contribution < 1.29 is 15.0 Å². The number of carboxylic acids is 1. The minimum Gasteiger partial charge on any atom is -0.508 e. The Morgan fingerprint density at radius 3 is 1.75 bits per heavy atom. The summed E-state index contributed by atoms with van der Waals surface area (Å²) in [6.45, 7) is 3.14. The smallest absolute Gasteiger partial charge is 0.307 e. The summed E-state index contributed by atoms with van der Waals surface area (Å²) in [5.74, 6) is -0.713. The third-order valence-corrected chi connectivity index (χ3v) is 3.85. The van der Waals surface area contributed by atoms with Gasteiger partial charge in [0.15, 0.2) is 0 Å². The Morgan fingerprint density at radius 1 is 0.875 bits per heavy atom. The van der Waals surface area contributed by atoms with Gasteiger partial charge in [-0.25, -0.2) is 0 Å². The average molecular weight is 338 g/mol. The Morgan fingerprint density at radius 2 is 1.33 bits per heavy atom. The number of benzene rings is 1. The van der Waals surface area contributed by atoms with Gasteiger partial charge in [0, 0.05) is 0 Å². The molecule has 0 aliphatic carbocycles. The second-order valence-electron chi connectivity index (χ2n) is 6.21. The lowest BCUT2D eigenvalue weighted by molar-refractivity contribution is -0.136. The molecule has 0 saturated carbocycles. The van der Waals surface area contributed by atoms with E-state index in [0.717, 1.165) is 6.54 Å². The second-order valence-corrected chi connectivity index (χ2v) is 6.21. The van der Waals surface area contributed by atoms with E-state index in [1.807, 2.05) is 0 Å². The highest BCUT2D eigenvalue weighted by atomic mass is 16.4. The SMILES string of the molecule is CCCCCCCCCCCCN.O=C(O)Cc1ccc(O)cc1. The van der Waals surface area contributed by atoms with E-state index in [9.17, 15) is 4.79 Å². The molecule has 4 N–H and O–H groups in total. The second kappa shape index (κ2) is 16.3. The van der Waals surface area contributed by atoms with Crippen molar-refractivity contribution in [2.45, 2.75) is 77.6 Å². The first-order valence-electron chi connectivity index (χ1n) is 9.30. The molecule has 0 saturated heterocycles. The van der Waals surface area contributed by atoms with Crippen LogP contribution >= 0.6 is 0 Å². The number of nitrogens with two attached hydrogens (primary N) is 1. The van der Waals surface area contributed by atoms with Gasteiger partial charge in [0.05, 0.1) is 6.42 Å². The zero-order chi connectivity index (χ0) is 18.0. The Balaban J connectivity index is 0.000000446. The highest BCUT2D eigenvalue weighted by Crippen LogP contribution is 2.10. The van der Waals surface area contributed by atoms with Gasteiger partial charge in [0.1, 0.15) is 5.75 Å². The van der Waals surface area contributed by atoms with Gasteiger partial charge in [-0.3, -0.25) is 4.79 Å². The molecule has 1 aromatic carbocycles. The summed E-state index contributed by atoms with van der Waals surface area (Å²) in [6, 6.07) is 6.11. The van der Waals surface area contributed by atoms with Gasteiger partial charge in [-0.2, -0.15) is 0 Å². The molecule has 4 nitrogen and oxygen atoms in total. The molecular weight excluding hydrogens is 302 g/mol. The zero-order valence-electron chi connectivity index (χ0n) is 15.2. The highest BCUT2D eigenvalue weighted by molar-refractivity contribution is 5.70. The van der Waals surface area contributed by atoms with Crippen LogP contribution in [0, 0.1) is 0 Å². The number of phenols is 1. The Hall–Kier alpha value is -1.55. The molecule has 1 aromatic rings. The van der Waals surface area contributed by atoms with Crippen molar-refractivity contribution in [2.75, 3.05) is 6.54 Å². The summed E-state index contributed by atoms with van der Waals surface area (Å²) in [4.78, 5) is 10.2. The summed E-state index contributed by atoms with van der Waals surface area (Å²) in [5.41, 5.74) is 6.11. The maximum Gasteiger partial charge on any atom is 0.307 e. The number of hydrogen-bond acceptors (Lipinski definition) is 3. The van der Waals surface area contributed by atoms with Gasteiger partial charge in [-0.15, -0.1) is 0 Å². The van der Waals surface area contributed by atoms with E-state index in [4.69, 9.17) is 15.9 Å². The number of unbranched alkanes of at least 4 members (excludes halogenated alkanes) is 9. The van der Waals surface area contributed by atoms with Crippen LogP contribution in [0.4, 0.5) is 0 Å². The lowest BCUT2D eigenvalue weighted by Gasteiger charge is -2.00. The fourth-order valence-corrected chi connectivity index (χ4v) is 2.42. The summed E-state index contributed by atoms with van der Waals surface area (Å²) in [7, 11) is 0. The summed E-state index contributed by atoms with van der Waals surface area (Å²) in [6.07, 6.45) is 13.9. The number of hydrogen-bond donors (Lipinski definition) is 3. The standard InChI is InChI=1S/C12H27N.C8H8O3/c1-2-3-4-5-6-7-8-9-10-11-12-13;9-7-3-1-6(2-4-7)5-8(10)11/h2-13H2,1H3;1-4,9H,5H2,(H,10,11). The minimum absolute atomic E-state index is 0.000278. The molecular formula is C20H35NO3. The first-order valence-corrected chi connectivity index (χ1v) is 9.30. The minimum atomic E-state index is -0.865. The maximum absolute atomic E-state index is 10.2. The molecule has 0 heterocycles. The fourth-order valence-electron chi connectivity index (χ4n) is 2.42. The molecule has 1 rings (SSSR count). The molecule has 0 amide bonds. The number of rotatable bonds is 12. The molecule has 0 atom stereocenters. The van der Waals surface area contributed by atoms with Crippen LogP contribution in [0.5, 0.6) is 5.75 Å². The Kier molecular flexibility index (Phi) is 15.3. The summed E-state index contributed by atoms with van der Waals surface area (Å²) < 4.78 is 0. The lowest BCUT2D eigenvalue weighted by Crippen LogP contribution is -1.98. The van der Waals surface area contributed by atoms with Gasteiger partial charge in [-0.05, 0) is 30.7 Å². The Labute approximate surface area is 147 Å². The molecule has 24 heavy (non-hydrogen) atoms. The molecule has 0 unspecified atom stereocenters. The van der Waals surface area contributed by atoms with Crippen LogP contribution in [-0.4, -0.2) is 22.7 Å². The topological polar surface area (TPSA) is 83.6 Å². The van der Waals surface area contributed by atoms with Gasteiger partial charge < -0.3 is 15.9 Å². The van der Waals surface area contributed by atoms with Crippen molar-refractivity contribution >= 4 is 5.97 Å². The van der Waals surface area contributed by atoms with Gasteiger partial charge >= 0.3 is 5.97 Å². The number of phenolic OH excluding ortho intramolecular Hbond substituents is 1. The number of aliphatic carboxylic acids is 1. The first kappa shape index (κ1) is 22.4. The van der Waals surface area contributed by atoms with Crippen molar-refractivity contribution in [1.29, 1.82) is 0 Å². The quantitative estimate of drug-likeness (QED) is 0.474. The molecule has 0 aromatic heterocycles. The molecule has 0 fully saturated rings. The van der Waals surface area contributed by atoms with Crippen LogP contribution in [0.25, 0.3) is 0 Å². The van der Waals surface area contributed by atoms with Crippen LogP contribution in [-0.2, 0) is 11.2 Å². The lowest BCUT2D eigenvalue weighted by atomic mass is 10.1. The Bertz CT molecular complexity index is 394. The average Bonchev–Trinajstić information content (AvgIpc) is 2.56. The van der Waals surface area contributed by atoms with Crippen LogP contribution in [0.2, 0.25) is 0 Å². The van der Waals surface area contributed by atoms with Crippen molar-refractivity contribution in [2.24, 2.45) is 5.73 Å². The fraction of sp³-hybridized carbons (Fsp3) is 0.650. The third kappa shape index (κ3) is 15.3. The molecule has 0 radical (unpaired) electrons. The van der Waals surface area contributed by atoms with E-state index in [-0.39, 0.29) is 12.2 Å². The highest BCUT2D eigenvalue weighted by Gasteiger charge is 1.98. The van der Waals surface area contributed by atoms with E-state index in [1.165, 1.54) is 76.3 Å². The van der Waals surface area contributed by atoms with Crippen LogP contribution < -0.4 is 5.73 Å². The molecule has 0 aliphatic rings. The van der Waals surface area contributed by atoms with E-state index < -0.39 is 5.97 Å². The van der Waals surface area contributed by atoms with Crippen molar-refractivity contribution in [3.8, 4) is 5.75 Å². The van der Waals surface area contributed by atoms with Crippen LogP contribution in [0.1, 0.15) is 76.7 Å². The van der Waals surface area contributed by atoms with Gasteiger partial charge in [-0.1, -0.05) is 76.8 Å². The zero-order valence-corrected chi connectivity index (χ0v) is 15.2. The van der Waals surface area contributed by atoms with Crippen molar-refractivity contribution in [1.82, 2.24) is 0 Å². The molecule has 4 heteroatoms. The summed E-state index contributed by atoms with van der Waals surface area (Å²) in [5, 5.41) is 17.2. The predicted octanol–water partition coefficient (Wildman–Crippen LogP) is 4.89. The molecule has 138 valence electrons. The first-order chi connectivity index (χ1) is 11.6. The van der Waals surface area contributed by atoms with Crippen LogP contribution in [0.15, 0.2) is 24.3 Å². The monoisotopic (exact) mass is 337 g/mol. The predicted molar refractivity (Wildman–Crippen MR) is 100 cm³/mol. The molecule has 0 aliphatic heterocycles. The van der Waals surface area contributed by atoms with E-state index in [2.05, 4.69) is 6.92 Å². The van der Waals surface area contributed by atoms with Crippen molar-refractivity contribution in [3.63, 3.8) is 0 Å². The van der Waals surface area contributed by atoms with Gasteiger partial charge in [0.25, 0.3) is 0 Å². The number of aromatic hydroxyl groups is 1. The van der Waals surface area contributed by atoms with Crippen molar-refractivity contribution in [3.05, 3.63) is 29.8 Å². The van der Waals surface area contributed by atoms with Gasteiger partial charge in [0.2, 0.25) is 0 Å². The van der Waals surface area contributed by atoms with E-state index in [1.54, 1.807) is 12.1 Å². The van der Waals surface area contributed by atoms with Crippen LogP contribution in [0.3, 0.4) is 0 Å². The normalized spacial score (nSPS) is 10.1. The largest absolute Gasteiger partial charge is 0.508 e. The summed E-state index contributed by atoms with van der Waals surface area (Å²) >= 11 is 0. The van der Waals surface area contributed by atoms with E-state index in [0.29, 0.717) is 5.56 Å². The third-order valence-electron chi connectivity index (χ3n) is 3.85.